The first-order valence-corrected chi connectivity index (χ1v) is 7.88. The molecule has 2 rings (SSSR count). The van der Waals surface area contributed by atoms with E-state index >= 15 is 0 Å². The quantitative estimate of drug-likeness (QED) is 0.766. The van der Waals surface area contributed by atoms with Gasteiger partial charge in [-0.2, -0.15) is 0 Å². The van der Waals surface area contributed by atoms with Crippen LogP contribution in [0, 0.1) is 11.3 Å². The Labute approximate surface area is 117 Å². The fourth-order valence-electron chi connectivity index (χ4n) is 4.09. The number of hydrogen-bond donors (Lipinski definition) is 0. The zero-order valence-electron chi connectivity index (χ0n) is 13.2. The molecule has 0 bridgehead atoms. The van der Waals surface area contributed by atoms with Crippen LogP contribution in [0.25, 0.3) is 0 Å². The minimum atomic E-state index is -1.12. The van der Waals surface area contributed by atoms with Crippen molar-refractivity contribution in [2.45, 2.75) is 84.8 Å². The maximum atomic E-state index is 12.9. The molecule has 2 aliphatic rings. The second-order valence-corrected chi connectivity index (χ2v) is 7.33. The van der Waals surface area contributed by atoms with Crippen molar-refractivity contribution < 1.29 is 9.13 Å². The van der Waals surface area contributed by atoms with Crippen LogP contribution in [-0.2, 0) is 4.74 Å². The van der Waals surface area contributed by atoms with Gasteiger partial charge in [0.15, 0.2) is 6.36 Å². The van der Waals surface area contributed by atoms with Crippen LogP contribution in [0.5, 0.6) is 0 Å². The summed E-state index contributed by atoms with van der Waals surface area (Å²) in [7, 11) is 0. The predicted octanol–water partition coefficient (Wildman–Crippen LogP) is 4.00. The van der Waals surface area contributed by atoms with E-state index in [9.17, 15) is 4.39 Å². The van der Waals surface area contributed by atoms with Crippen molar-refractivity contribution in [1.29, 1.82) is 0 Å². The molecule has 19 heavy (non-hydrogen) atoms. The number of rotatable bonds is 4. The Kier molecular flexibility index (Phi) is 4.56. The van der Waals surface area contributed by atoms with Crippen molar-refractivity contribution in [3.05, 3.63) is 0 Å². The van der Waals surface area contributed by atoms with Crippen molar-refractivity contribution in [3.8, 4) is 0 Å². The van der Waals surface area contributed by atoms with Gasteiger partial charge in [0.1, 0.15) is 0 Å². The van der Waals surface area contributed by atoms with Crippen molar-refractivity contribution in [1.82, 2.24) is 4.90 Å². The molecule has 112 valence electrons. The van der Waals surface area contributed by atoms with E-state index < -0.39 is 6.36 Å². The SMILES string of the molecule is CC(F)OC1CC2(CCC(C(C)C)N(C(C)C)C2)C1. The first-order valence-electron chi connectivity index (χ1n) is 7.88. The summed E-state index contributed by atoms with van der Waals surface area (Å²) in [5.74, 6) is 0.720. The number of piperidine rings is 1. The van der Waals surface area contributed by atoms with Gasteiger partial charge in [0.2, 0.25) is 0 Å². The van der Waals surface area contributed by atoms with E-state index in [4.69, 9.17) is 4.74 Å². The van der Waals surface area contributed by atoms with E-state index in [0.717, 1.165) is 18.8 Å². The molecule has 0 aromatic heterocycles. The van der Waals surface area contributed by atoms with E-state index in [2.05, 4.69) is 32.6 Å². The number of ether oxygens (including phenoxy) is 1. The highest BCUT2D eigenvalue weighted by Gasteiger charge is 2.50. The maximum absolute atomic E-state index is 12.9. The summed E-state index contributed by atoms with van der Waals surface area (Å²) >= 11 is 0. The molecule has 0 amide bonds. The molecule has 2 nitrogen and oxygen atoms in total. The van der Waals surface area contributed by atoms with E-state index in [-0.39, 0.29) is 6.10 Å². The Bertz CT molecular complexity index is 292. The summed E-state index contributed by atoms with van der Waals surface area (Å²) in [5.41, 5.74) is 0.412. The Morgan fingerprint density at radius 2 is 1.79 bits per heavy atom. The van der Waals surface area contributed by atoms with Crippen LogP contribution < -0.4 is 0 Å². The Hall–Kier alpha value is -0.150. The molecule has 1 saturated carbocycles. The van der Waals surface area contributed by atoms with E-state index in [0.29, 0.717) is 17.5 Å². The molecule has 1 spiro atoms. The average molecular weight is 271 g/mol. The van der Waals surface area contributed by atoms with E-state index in [1.54, 1.807) is 0 Å². The highest BCUT2D eigenvalue weighted by Crippen LogP contribution is 2.51. The molecular formula is C16H30FNO. The fraction of sp³-hybridized carbons (Fsp3) is 1.00. The third kappa shape index (κ3) is 3.30. The molecule has 0 N–H and O–H groups in total. The zero-order valence-corrected chi connectivity index (χ0v) is 13.2. The Morgan fingerprint density at radius 3 is 2.26 bits per heavy atom. The van der Waals surface area contributed by atoms with E-state index in [1.165, 1.54) is 26.3 Å². The third-order valence-electron chi connectivity index (χ3n) is 5.05. The second-order valence-electron chi connectivity index (χ2n) is 7.33. The molecule has 3 heteroatoms. The molecule has 1 aliphatic heterocycles. The largest absolute Gasteiger partial charge is 0.345 e. The molecule has 1 aliphatic carbocycles. The van der Waals surface area contributed by atoms with Crippen LogP contribution in [0.15, 0.2) is 0 Å². The monoisotopic (exact) mass is 271 g/mol. The molecular weight excluding hydrogens is 241 g/mol. The van der Waals surface area contributed by atoms with Gasteiger partial charge < -0.3 is 4.74 Å². The lowest BCUT2D eigenvalue weighted by Gasteiger charge is -2.56. The van der Waals surface area contributed by atoms with Crippen LogP contribution in [0.4, 0.5) is 4.39 Å². The van der Waals surface area contributed by atoms with Gasteiger partial charge in [0.05, 0.1) is 6.10 Å². The van der Waals surface area contributed by atoms with Gasteiger partial charge in [-0.15, -0.1) is 0 Å². The Balaban J connectivity index is 1.93. The lowest BCUT2D eigenvalue weighted by Crippen LogP contribution is -2.59. The highest BCUT2D eigenvalue weighted by atomic mass is 19.1. The van der Waals surface area contributed by atoms with Gasteiger partial charge in [0, 0.05) is 18.6 Å². The molecule has 0 aromatic carbocycles. The first kappa shape index (κ1) is 15.2. The van der Waals surface area contributed by atoms with Gasteiger partial charge in [0.25, 0.3) is 0 Å². The predicted molar refractivity (Wildman–Crippen MR) is 76.8 cm³/mol. The van der Waals surface area contributed by atoms with Gasteiger partial charge in [-0.25, -0.2) is 4.39 Å². The third-order valence-corrected chi connectivity index (χ3v) is 5.05. The topological polar surface area (TPSA) is 12.5 Å². The van der Waals surface area contributed by atoms with Crippen molar-refractivity contribution >= 4 is 0 Å². The van der Waals surface area contributed by atoms with Crippen LogP contribution >= 0.6 is 0 Å². The molecule has 0 aromatic rings. The first-order chi connectivity index (χ1) is 8.83. The second kappa shape index (κ2) is 5.69. The number of hydrogen-bond acceptors (Lipinski definition) is 2. The number of halogens is 1. The van der Waals surface area contributed by atoms with Crippen LogP contribution in [0.2, 0.25) is 0 Å². The maximum Gasteiger partial charge on any atom is 0.196 e. The number of nitrogens with zero attached hydrogens (tertiary/aromatic N) is 1. The molecule has 1 saturated heterocycles. The normalized spacial score (nSPS) is 37.9. The van der Waals surface area contributed by atoms with Crippen molar-refractivity contribution in [2.24, 2.45) is 11.3 Å². The molecule has 2 unspecified atom stereocenters. The standard InChI is InChI=1S/C16H30FNO/c1-11(2)15-6-7-16(10-18(15)12(3)4)8-14(9-16)19-13(5)17/h11-15H,6-10H2,1-5H3. The number of alkyl halides is 1. The average Bonchev–Trinajstić information content (AvgIpc) is 2.25. The molecule has 2 atom stereocenters. The summed E-state index contributed by atoms with van der Waals surface area (Å²) < 4.78 is 18.2. The smallest absolute Gasteiger partial charge is 0.196 e. The lowest BCUT2D eigenvalue weighted by molar-refractivity contribution is -0.171. The summed E-state index contributed by atoms with van der Waals surface area (Å²) in [4.78, 5) is 2.67. The zero-order chi connectivity index (χ0) is 14.2. The number of likely N-dealkylation sites (tertiary alicyclic amines) is 1. The molecule has 2 fully saturated rings. The van der Waals surface area contributed by atoms with E-state index in [1.807, 2.05) is 0 Å². The summed E-state index contributed by atoms with van der Waals surface area (Å²) in [6, 6.07) is 1.32. The Morgan fingerprint density at radius 1 is 1.16 bits per heavy atom. The van der Waals surface area contributed by atoms with Crippen LogP contribution in [0.1, 0.15) is 60.3 Å². The highest BCUT2D eigenvalue weighted by molar-refractivity contribution is 5.02. The van der Waals surface area contributed by atoms with Crippen LogP contribution in [0.3, 0.4) is 0 Å². The van der Waals surface area contributed by atoms with Crippen molar-refractivity contribution in [3.63, 3.8) is 0 Å². The summed E-state index contributed by atoms with van der Waals surface area (Å²) in [5, 5.41) is 0. The molecule has 0 radical (unpaired) electrons. The van der Waals surface area contributed by atoms with Gasteiger partial charge in [-0.1, -0.05) is 13.8 Å². The molecule has 1 heterocycles. The summed E-state index contributed by atoms with van der Waals surface area (Å²) in [6.07, 6.45) is 3.72. The lowest BCUT2D eigenvalue weighted by atomic mass is 9.61. The summed E-state index contributed by atoms with van der Waals surface area (Å²) in [6.45, 7) is 11.9. The van der Waals surface area contributed by atoms with Gasteiger partial charge in [-0.05, 0) is 57.8 Å². The van der Waals surface area contributed by atoms with Gasteiger partial charge >= 0.3 is 0 Å². The van der Waals surface area contributed by atoms with Crippen molar-refractivity contribution in [2.75, 3.05) is 6.54 Å². The minimum absolute atomic E-state index is 0.157. The van der Waals surface area contributed by atoms with Crippen LogP contribution in [-0.4, -0.2) is 36.0 Å². The minimum Gasteiger partial charge on any atom is -0.345 e. The fourth-order valence-corrected chi connectivity index (χ4v) is 4.09. The van der Waals surface area contributed by atoms with Gasteiger partial charge in [-0.3, -0.25) is 4.90 Å².